The molecule has 2 aromatic heterocycles. The van der Waals surface area contributed by atoms with E-state index in [-0.39, 0.29) is 35.8 Å². The first kappa shape index (κ1) is 24.1. The second-order valence-corrected chi connectivity index (χ2v) is 11.0. The molecule has 2 aromatic carbocycles. The fraction of sp³-hybridized carbons (Fsp3) is 0.333. The van der Waals surface area contributed by atoms with Crippen molar-refractivity contribution in [1.82, 2.24) is 29.1 Å². The highest BCUT2D eigenvalue weighted by Crippen LogP contribution is 2.39. The number of hydrogen-bond donors (Lipinski definition) is 1. The summed E-state index contributed by atoms with van der Waals surface area (Å²) in [5.74, 6) is -1.13. The van der Waals surface area contributed by atoms with E-state index in [9.17, 15) is 17.6 Å². The van der Waals surface area contributed by atoms with Crippen LogP contribution in [-0.2, 0) is 28.3 Å². The van der Waals surface area contributed by atoms with Crippen LogP contribution in [0.2, 0.25) is 0 Å². The number of aromatic nitrogens is 5. The lowest BCUT2D eigenvalue weighted by Crippen LogP contribution is -2.36. The molecule has 10 nitrogen and oxygen atoms in total. The van der Waals surface area contributed by atoms with Gasteiger partial charge in [-0.25, -0.2) is 17.5 Å². The predicted octanol–water partition coefficient (Wildman–Crippen LogP) is 1.96. The van der Waals surface area contributed by atoms with Gasteiger partial charge in [-0.15, -0.1) is 5.10 Å². The number of carbonyl (C=O) groups is 1. The van der Waals surface area contributed by atoms with Gasteiger partial charge >= 0.3 is 0 Å². The molecule has 0 aliphatic heterocycles. The van der Waals surface area contributed by atoms with Crippen LogP contribution in [-0.4, -0.2) is 56.5 Å². The van der Waals surface area contributed by atoms with Crippen LogP contribution in [0, 0.1) is 24.6 Å². The maximum atomic E-state index is 13.3. The molecule has 5 rings (SSSR count). The van der Waals surface area contributed by atoms with Crippen LogP contribution >= 0.6 is 0 Å². The summed E-state index contributed by atoms with van der Waals surface area (Å²) in [7, 11) is -2.35. The van der Waals surface area contributed by atoms with E-state index < -0.39 is 15.9 Å². The van der Waals surface area contributed by atoms with Gasteiger partial charge < -0.3 is 5.73 Å². The van der Waals surface area contributed by atoms with Gasteiger partial charge in [0.25, 0.3) is 10.0 Å². The van der Waals surface area contributed by atoms with E-state index in [1.807, 2.05) is 19.1 Å². The quantitative estimate of drug-likeness (QED) is 0.366. The van der Waals surface area contributed by atoms with Crippen LogP contribution in [0.3, 0.4) is 0 Å². The van der Waals surface area contributed by atoms with E-state index in [2.05, 4.69) is 15.3 Å². The first-order valence-electron chi connectivity index (χ1n) is 11.5. The predicted molar refractivity (Wildman–Crippen MR) is 130 cm³/mol. The van der Waals surface area contributed by atoms with Crippen molar-refractivity contribution in [3.05, 3.63) is 65.7 Å². The zero-order valence-corrected chi connectivity index (χ0v) is 20.7. The Bertz CT molecular complexity index is 1550. The van der Waals surface area contributed by atoms with E-state index in [0.29, 0.717) is 12.8 Å². The molecule has 0 unspecified atom stereocenters. The summed E-state index contributed by atoms with van der Waals surface area (Å²) in [4.78, 5) is 12.7. The topological polar surface area (TPSA) is 129 Å². The van der Waals surface area contributed by atoms with E-state index in [0.717, 1.165) is 27.7 Å². The Morgan fingerprint density at radius 3 is 2.58 bits per heavy atom. The summed E-state index contributed by atoms with van der Waals surface area (Å²) >= 11 is 0. The number of carbonyl (C=O) groups excluding carboxylic acids is 1. The first-order valence-corrected chi connectivity index (χ1v) is 13.0. The summed E-state index contributed by atoms with van der Waals surface area (Å²) in [6, 6.07) is 10.1. The molecule has 2 atom stereocenters. The number of hydrogen-bond acceptors (Lipinski definition) is 6. The van der Waals surface area contributed by atoms with Crippen molar-refractivity contribution >= 4 is 26.8 Å². The van der Waals surface area contributed by atoms with Gasteiger partial charge in [-0.05, 0) is 73.2 Å². The van der Waals surface area contributed by atoms with Gasteiger partial charge in [0.1, 0.15) is 5.82 Å². The second kappa shape index (κ2) is 9.10. The lowest BCUT2D eigenvalue weighted by atomic mass is 10.0. The highest BCUT2D eigenvalue weighted by atomic mass is 32.2. The number of benzene rings is 2. The highest BCUT2D eigenvalue weighted by molar-refractivity contribution is 7.89. The number of aryl methyl sites for hydroxylation is 2. The third-order valence-corrected chi connectivity index (χ3v) is 8.36. The van der Waals surface area contributed by atoms with Crippen molar-refractivity contribution in [2.45, 2.75) is 24.8 Å². The average molecular weight is 512 g/mol. The lowest BCUT2D eigenvalue weighted by molar-refractivity contribution is -0.119. The Morgan fingerprint density at radius 1 is 1.19 bits per heavy atom. The van der Waals surface area contributed by atoms with Crippen molar-refractivity contribution in [3.63, 3.8) is 0 Å². The molecule has 1 aliphatic rings. The Balaban J connectivity index is 1.40. The number of halogens is 1. The molecule has 0 spiro atoms. The molecule has 36 heavy (non-hydrogen) atoms. The van der Waals surface area contributed by atoms with Crippen LogP contribution in [0.4, 0.5) is 4.39 Å². The number of rotatable bonds is 9. The van der Waals surface area contributed by atoms with Crippen LogP contribution in [0.15, 0.2) is 53.8 Å². The molecule has 0 bridgehead atoms. The minimum Gasteiger partial charge on any atom is -0.369 e. The number of fused-ring (bicyclic) bond motifs is 1. The standard InChI is InChI=1S/C24H26FN7O3S/c1-15-9-22-17(12-28-32(22)20-5-3-19(25)4-6-20)10-16(15)7-8-31(14-18-11-21(18)24(26)33)36(34,35)23-13-27-30(2)29-23/h3-6,9-10,12-13,18,21H,7-8,11,14H2,1-2H3,(H2,26,33)/t18-,21+/m1/s1. The first-order chi connectivity index (χ1) is 17.1. The van der Waals surface area contributed by atoms with Crippen molar-refractivity contribution in [3.8, 4) is 5.69 Å². The van der Waals surface area contributed by atoms with E-state index in [4.69, 9.17) is 5.73 Å². The molecule has 0 radical (unpaired) electrons. The minimum absolute atomic E-state index is 0.105. The van der Waals surface area contributed by atoms with Gasteiger partial charge in [-0.2, -0.15) is 19.3 Å². The van der Waals surface area contributed by atoms with Gasteiger partial charge in [0, 0.05) is 31.4 Å². The minimum atomic E-state index is -3.91. The fourth-order valence-corrected chi connectivity index (χ4v) is 5.86. The van der Waals surface area contributed by atoms with Gasteiger partial charge in [0.05, 0.1) is 23.6 Å². The Kier molecular flexibility index (Phi) is 6.08. The van der Waals surface area contributed by atoms with Crippen LogP contribution < -0.4 is 5.73 Å². The third-order valence-electron chi connectivity index (χ3n) is 6.64. The largest absolute Gasteiger partial charge is 0.369 e. The Labute approximate surface area is 207 Å². The lowest BCUT2D eigenvalue weighted by Gasteiger charge is -2.21. The summed E-state index contributed by atoms with van der Waals surface area (Å²) in [5.41, 5.74) is 8.98. The number of nitrogens with two attached hydrogens (primary N) is 1. The van der Waals surface area contributed by atoms with Gasteiger partial charge in [-0.3, -0.25) is 4.79 Å². The molecule has 1 saturated carbocycles. The zero-order valence-electron chi connectivity index (χ0n) is 19.9. The summed E-state index contributed by atoms with van der Waals surface area (Å²) in [6.07, 6.45) is 3.99. The van der Waals surface area contributed by atoms with Crippen LogP contribution in [0.1, 0.15) is 17.5 Å². The van der Waals surface area contributed by atoms with Gasteiger partial charge in [-0.1, -0.05) is 0 Å². The molecular formula is C24H26FN7O3S. The number of primary amides is 1. The van der Waals surface area contributed by atoms with Crippen molar-refractivity contribution < 1.29 is 17.6 Å². The van der Waals surface area contributed by atoms with E-state index in [1.54, 1.807) is 30.1 Å². The molecule has 1 amide bonds. The number of amides is 1. The average Bonchev–Trinajstić information content (AvgIpc) is 3.29. The molecule has 4 aromatic rings. The van der Waals surface area contributed by atoms with Crippen LogP contribution in [0.25, 0.3) is 16.6 Å². The van der Waals surface area contributed by atoms with Gasteiger partial charge in [0.2, 0.25) is 10.9 Å². The fourth-order valence-electron chi connectivity index (χ4n) is 4.47. The maximum Gasteiger partial charge on any atom is 0.264 e. The summed E-state index contributed by atoms with van der Waals surface area (Å²) in [5, 5.41) is 13.1. The van der Waals surface area contributed by atoms with E-state index in [1.165, 1.54) is 27.4 Å². The second-order valence-electron chi connectivity index (χ2n) is 9.16. The van der Waals surface area contributed by atoms with Gasteiger partial charge in [0.15, 0.2) is 0 Å². The number of nitrogens with zero attached hydrogens (tertiary/aromatic N) is 6. The molecule has 188 valence electrons. The smallest absolute Gasteiger partial charge is 0.264 e. The molecule has 0 saturated heterocycles. The van der Waals surface area contributed by atoms with Crippen molar-refractivity contribution in [2.75, 3.05) is 13.1 Å². The molecule has 1 fully saturated rings. The molecule has 12 heteroatoms. The Morgan fingerprint density at radius 2 is 1.94 bits per heavy atom. The number of sulfonamides is 1. The van der Waals surface area contributed by atoms with Crippen molar-refractivity contribution in [2.24, 2.45) is 24.6 Å². The molecule has 1 aliphatic carbocycles. The monoisotopic (exact) mass is 511 g/mol. The normalized spacial score (nSPS) is 17.7. The summed E-state index contributed by atoms with van der Waals surface area (Å²) < 4.78 is 43.1. The zero-order chi connectivity index (χ0) is 25.6. The van der Waals surface area contributed by atoms with Crippen LogP contribution in [0.5, 0.6) is 0 Å². The maximum absolute atomic E-state index is 13.3. The van der Waals surface area contributed by atoms with Crippen molar-refractivity contribution in [1.29, 1.82) is 0 Å². The third kappa shape index (κ3) is 4.61. The Hall–Kier alpha value is -3.64. The van der Waals surface area contributed by atoms with E-state index >= 15 is 0 Å². The molecule has 2 heterocycles. The SMILES string of the molecule is Cc1cc2c(cnn2-c2ccc(F)cc2)cc1CCN(C[C@H]1C[C@@H]1C(N)=O)S(=O)(=O)c1cnn(C)n1. The molecule has 2 N–H and O–H groups in total. The highest BCUT2D eigenvalue weighted by Gasteiger charge is 2.44. The summed E-state index contributed by atoms with van der Waals surface area (Å²) in [6.45, 7) is 2.36. The molecular weight excluding hydrogens is 485 g/mol.